The number of benzene rings is 2. The van der Waals surface area contributed by atoms with E-state index in [-0.39, 0.29) is 5.82 Å². The Hall–Kier alpha value is -1.31. The molecule has 2 aliphatic heterocycles. The Morgan fingerprint density at radius 3 is 2.58 bits per heavy atom. The molecule has 26 heavy (non-hydrogen) atoms. The van der Waals surface area contributed by atoms with Crippen molar-refractivity contribution < 1.29 is 18.6 Å². The molecule has 2 unspecified atom stereocenters. The van der Waals surface area contributed by atoms with Crippen LogP contribution in [0.25, 0.3) is 0 Å². The summed E-state index contributed by atoms with van der Waals surface area (Å²) in [5, 5.41) is 0. The first-order valence-electron chi connectivity index (χ1n) is 8.50. The number of hydrogen-bond acceptors (Lipinski definition) is 4. The molecule has 0 aromatic heterocycles. The first-order chi connectivity index (χ1) is 12.5. The van der Waals surface area contributed by atoms with Crippen LogP contribution in [0, 0.1) is 5.82 Å². The molecule has 2 N–H and O–H groups in total. The van der Waals surface area contributed by atoms with E-state index in [0.29, 0.717) is 32.0 Å². The van der Waals surface area contributed by atoms with Gasteiger partial charge in [-0.1, -0.05) is 46.3 Å². The highest BCUT2D eigenvalue weighted by molar-refractivity contribution is 9.10. The summed E-state index contributed by atoms with van der Waals surface area (Å²) in [5.74, 6) is -0.309. The molecule has 2 saturated heterocycles. The maximum atomic E-state index is 14.0. The fraction of sp³-hybridized carbons (Fsp3) is 0.400. The number of rotatable bonds is 3. The molecule has 4 nitrogen and oxygen atoms in total. The Kier molecular flexibility index (Phi) is 6.10. The minimum Gasteiger partial charge on any atom is -0.380 e. The second kappa shape index (κ2) is 8.15. The molecule has 0 bridgehead atoms. The number of nitrogens with two attached hydrogens (primary N) is 1. The van der Waals surface area contributed by atoms with E-state index < -0.39 is 11.1 Å². The Labute approximate surface area is 161 Å². The summed E-state index contributed by atoms with van der Waals surface area (Å²) in [6.45, 7) is 2.20. The van der Waals surface area contributed by atoms with Gasteiger partial charge in [-0.05, 0) is 23.8 Å². The predicted molar refractivity (Wildman–Crippen MR) is 101 cm³/mol. The first kappa shape index (κ1) is 19.5. The molecule has 0 aliphatic carbocycles. The summed E-state index contributed by atoms with van der Waals surface area (Å²) < 4.78 is 30.6. The zero-order valence-electron chi connectivity index (χ0n) is 14.7. The van der Waals surface area contributed by atoms with Crippen molar-refractivity contribution in [1.29, 1.82) is 0 Å². The van der Waals surface area contributed by atoms with E-state index >= 15 is 0 Å². The van der Waals surface area contributed by atoms with E-state index in [1.54, 1.807) is 19.2 Å². The van der Waals surface area contributed by atoms with Gasteiger partial charge in [0, 0.05) is 30.2 Å². The van der Waals surface area contributed by atoms with Crippen molar-refractivity contribution in [3.63, 3.8) is 0 Å². The third-order valence-electron chi connectivity index (χ3n) is 4.85. The lowest BCUT2D eigenvalue weighted by Gasteiger charge is -2.39. The van der Waals surface area contributed by atoms with Crippen LogP contribution in [0.4, 0.5) is 4.39 Å². The normalized spacial score (nSPS) is 26.9. The van der Waals surface area contributed by atoms with Crippen LogP contribution >= 0.6 is 15.9 Å². The van der Waals surface area contributed by atoms with Crippen LogP contribution < -0.4 is 5.73 Å². The van der Waals surface area contributed by atoms with Crippen LogP contribution in [0.15, 0.2) is 53.0 Å². The lowest BCUT2D eigenvalue weighted by Crippen LogP contribution is -2.57. The van der Waals surface area contributed by atoms with Crippen LogP contribution in [-0.4, -0.2) is 32.5 Å². The molecule has 2 heterocycles. The standard InChI is InChI=1S/C12H13BrFNO2.C8H10O/c13-8-1-2-10(14)9(5-8)12(15)7-16-4-3-11(12)6-17-11;1-9-7-8-5-3-2-4-6-8/h1-2,5H,3-4,6-7,15H2;2-6H,7H2,1H3. The van der Waals surface area contributed by atoms with E-state index in [2.05, 4.69) is 15.9 Å². The second-order valence-corrected chi connectivity index (χ2v) is 7.52. The number of ether oxygens (including phenoxy) is 3. The molecule has 140 valence electrons. The molecule has 6 heteroatoms. The maximum Gasteiger partial charge on any atom is 0.128 e. The summed E-state index contributed by atoms with van der Waals surface area (Å²) in [7, 11) is 1.70. The zero-order valence-corrected chi connectivity index (χ0v) is 16.3. The van der Waals surface area contributed by atoms with Gasteiger partial charge in [-0.15, -0.1) is 0 Å². The largest absolute Gasteiger partial charge is 0.380 e. The number of halogens is 2. The van der Waals surface area contributed by atoms with E-state index in [1.807, 2.05) is 30.3 Å². The molecule has 2 aliphatic rings. The first-order valence-corrected chi connectivity index (χ1v) is 9.29. The fourth-order valence-electron chi connectivity index (χ4n) is 3.22. The van der Waals surface area contributed by atoms with Crippen LogP contribution in [0.1, 0.15) is 17.5 Å². The van der Waals surface area contributed by atoms with E-state index in [9.17, 15) is 4.39 Å². The average Bonchev–Trinajstić information content (AvgIpc) is 3.43. The van der Waals surface area contributed by atoms with Crippen molar-refractivity contribution in [1.82, 2.24) is 0 Å². The molecular weight excluding hydrogens is 401 g/mol. The van der Waals surface area contributed by atoms with Gasteiger partial charge in [-0.2, -0.15) is 0 Å². The van der Waals surface area contributed by atoms with Crippen molar-refractivity contribution in [3.05, 3.63) is 69.9 Å². The molecule has 2 atom stereocenters. The molecule has 0 radical (unpaired) electrons. The van der Waals surface area contributed by atoms with E-state index in [1.165, 1.54) is 11.6 Å². The zero-order chi connectivity index (χ0) is 18.6. The minimum atomic E-state index is -0.890. The fourth-order valence-corrected chi connectivity index (χ4v) is 3.58. The topological polar surface area (TPSA) is 57.0 Å². The van der Waals surface area contributed by atoms with Crippen LogP contribution in [0.3, 0.4) is 0 Å². The van der Waals surface area contributed by atoms with Crippen molar-refractivity contribution >= 4 is 15.9 Å². The van der Waals surface area contributed by atoms with Gasteiger partial charge in [-0.3, -0.25) is 0 Å². The van der Waals surface area contributed by atoms with Gasteiger partial charge < -0.3 is 19.9 Å². The number of epoxide rings is 1. The monoisotopic (exact) mass is 423 g/mol. The van der Waals surface area contributed by atoms with Gasteiger partial charge in [0.15, 0.2) is 0 Å². The number of methoxy groups -OCH3 is 1. The summed E-state index contributed by atoms with van der Waals surface area (Å²) in [4.78, 5) is 0. The minimum absolute atomic E-state index is 0.292. The molecule has 2 fully saturated rings. The van der Waals surface area contributed by atoms with Gasteiger partial charge in [-0.25, -0.2) is 4.39 Å². The highest BCUT2D eigenvalue weighted by Gasteiger charge is 2.62. The Bertz CT molecular complexity index is 739. The van der Waals surface area contributed by atoms with Gasteiger partial charge in [0.25, 0.3) is 0 Å². The Morgan fingerprint density at radius 2 is 1.92 bits per heavy atom. The molecule has 4 rings (SSSR count). The van der Waals surface area contributed by atoms with Crippen LogP contribution in [0.2, 0.25) is 0 Å². The molecular formula is C20H23BrFNO3. The van der Waals surface area contributed by atoms with Crippen molar-refractivity contribution in [3.8, 4) is 0 Å². The summed E-state index contributed by atoms with van der Waals surface area (Å²) in [6, 6.07) is 14.9. The second-order valence-electron chi connectivity index (χ2n) is 6.60. The summed E-state index contributed by atoms with van der Waals surface area (Å²) >= 11 is 3.34. The van der Waals surface area contributed by atoms with Gasteiger partial charge in [0.05, 0.1) is 25.4 Å². The lowest BCUT2D eigenvalue weighted by atomic mass is 9.76. The van der Waals surface area contributed by atoms with Gasteiger partial charge in [0.1, 0.15) is 11.4 Å². The summed E-state index contributed by atoms with van der Waals surface area (Å²) in [6.07, 6.45) is 0.718. The highest BCUT2D eigenvalue weighted by Crippen LogP contribution is 2.49. The summed E-state index contributed by atoms with van der Waals surface area (Å²) in [5.41, 5.74) is 6.74. The predicted octanol–water partition coefficient (Wildman–Crippen LogP) is 3.76. The SMILES string of the molecule is COCc1ccccc1.NC1(c2cc(Br)ccc2F)COCCC12CO2. The quantitative estimate of drug-likeness (QED) is 0.763. The van der Waals surface area contributed by atoms with E-state index in [0.717, 1.165) is 10.9 Å². The maximum absolute atomic E-state index is 14.0. The molecule has 0 amide bonds. The van der Waals surface area contributed by atoms with Crippen molar-refractivity contribution in [2.24, 2.45) is 5.73 Å². The van der Waals surface area contributed by atoms with Crippen molar-refractivity contribution in [2.75, 3.05) is 26.9 Å². The number of hydrogen-bond donors (Lipinski definition) is 1. The molecule has 2 aromatic rings. The molecule has 1 spiro atoms. The Balaban J connectivity index is 0.000000185. The van der Waals surface area contributed by atoms with Gasteiger partial charge in [0.2, 0.25) is 0 Å². The third kappa shape index (κ3) is 4.00. The highest BCUT2D eigenvalue weighted by atomic mass is 79.9. The van der Waals surface area contributed by atoms with Crippen molar-refractivity contribution in [2.45, 2.75) is 24.2 Å². The van der Waals surface area contributed by atoms with Gasteiger partial charge >= 0.3 is 0 Å². The van der Waals surface area contributed by atoms with E-state index in [4.69, 9.17) is 19.9 Å². The Morgan fingerprint density at radius 1 is 1.19 bits per heavy atom. The smallest absolute Gasteiger partial charge is 0.128 e. The lowest BCUT2D eigenvalue weighted by molar-refractivity contribution is -0.0223. The third-order valence-corrected chi connectivity index (χ3v) is 5.34. The molecule has 0 saturated carbocycles. The van der Waals surface area contributed by atoms with Crippen LogP contribution in [0.5, 0.6) is 0 Å². The molecule has 2 aromatic carbocycles. The van der Waals surface area contributed by atoms with Crippen LogP contribution in [-0.2, 0) is 26.4 Å². The average molecular weight is 424 g/mol.